The highest BCUT2D eigenvalue weighted by atomic mass is 16.6. The van der Waals surface area contributed by atoms with E-state index >= 15 is 0 Å². The van der Waals surface area contributed by atoms with Gasteiger partial charge < -0.3 is 9.84 Å². The van der Waals surface area contributed by atoms with Gasteiger partial charge in [-0.05, 0) is 37.2 Å². The Morgan fingerprint density at radius 2 is 2.00 bits per heavy atom. The molecule has 1 aromatic carbocycles. The molecular weight excluding hydrogens is 300 g/mol. The van der Waals surface area contributed by atoms with Crippen molar-refractivity contribution in [2.24, 2.45) is 5.10 Å². The molecule has 8 heteroatoms. The van der Waals surface area contributed by atoms with Crippen molar-refractivity contribution in [1.29, 1.82) is 0 Å². The van der Waals surface area contributed by atoms with E-state index in [2.05, 4.69) is 15.4 Å². The molecule has 120 valence electrons. The number of nitrogens with zero attached hydrogens (tertiary/aromatic N) is 4. The summed E-state index contributed by atoms with van der Waals surface area (Å²) >= 11 is 0. The van der Waals surface area contributed by atoms with Gasteiger partial charge in [0.2, 0.25) is 5.91 Å². The van der Waals surface area contributed by atoms with Crippen LogP contribution in [0.3, 0.4) is 0 Å². The van der Waals surface area contributed by atoms with Gasteiger partial charge in [0.05, 0.1) is 6.42 Å². The Morgan fingerprint density at radius 3 is 2.65 bits per heavy atom. The zero-order valence-corrected chi connectivity index (χ0v) is 13.0. The average molecular weight is 316 g/mol. The van der Waals surface area contributed by atoms with E-state index in [9.17, 15) is 9.90 Å². The molecule has 1 aromatic heterocycles. The summed E-state index contributed by atoms with van der Waals surface area (Å²) in [6.45, 7) is 5.34. The molecule has 1 N–H and O–H groups in total. The maximum Gasteiger partial charge on any atom is 0.249 e. The van der Waals surface area contributed by atoms with Gasteiger partial charge in [-0.15, -0.1) is 0 Å². The largest absolute Gasteiger partial charge is 0.485 e. The summed E-state index contributed by atoms with van der Waals surface area (Å²) in [5.41, 5.74) is 1.58. The molecule has 0 saturated carbocycles. The van der Waals surface area contributed by atoms with Crippen LogP contribution in [-0.2, 0) is 4.79 Å². The number of benzene rings is 1. The summed E-state index contributed by atoms with van der Waals surface area (Å²) in [6, 6.07) is 2.79. The molecular formula is C15H16N4O4. The Bertz CT molecular complexity index is 841. The number of aliphatic hydroxyl groups is 1. The number of hydrogen-bond acceptors (Lipinski definition) is 7. The van der Waals surface area contributed by atoms with Crippen LogP contribution in [0.15, 0.2) is 21.9 Å². The number of rotatable bonds is 1. The van der Waals surface area contributed by atoms with E-state index < -0.39 is 17.7 Å². The number of fused-ring (bicyclic) bond motifs is 2. The molecule has 0 fully saturated rings. The summed E-state index contributed by atoms with van der Waals surface area (Å²) in [4.78, 5) is 12.3. The van der Waals surface area contributed by atoms with Crippen LogP contribution in [-0.4, -0.2) is 43.8 Å². The molecule has 1 amide bonds. The molecule has 4 rings (SSSR count). The van der Waals surface area contributed by atoms with Crippen molar-refractivity contribution in [3.8, 4) is 5.75 Å². The molecule has 8 nitrogen and oxygen atoms in total. The van der Waals surface area contributed by atoms with E-state index in [1.807, 2.05) is 0 Å². The number of aromatic nitrogens is 2. The Kier molecular flexibility index (Phi) is 2.77. The second-order valence-electron chi connectivity index (χ2n) is 6.49. The molecule has 0 radical (unpaired) electrons. The van der Waals surface area contributed by atoms with Gasteiger partial charge in [-0.3, -0.25) is 4.79 Å². The highest BCUT2D eigenvalue weighted by Gasteiger charge is 2.48. The van der Waals surface area contributed by atoms with Crippen molar-refractivity contribution < 1.29 is 19.3 Å². The monoisotopic (exact) mass is 316 g/mol. The van der Waals surface area contributed by atoms with Crippen LogP contribution in [0.5, 0.6) is 5.75 Å². The summed E-state index contributed by atoms with van der Waals surface area (Å²) in [6.07, 6.45) is -0.681. The number of amides is 1. The molecule has 23 heavy (non-hydrogen) atoms. The molecule has 2 aliphatic heterocycles. The first-order valence-corrected chi connectivity index (χ1v) is 7.36. The van der Waals surface area contributed by atoms with Gasteiger partial charge in [-0.25, -0.2) is 9.64 Å². The molecule has 2 aromatic rings. The van der Waals surface area contributed by atoms with Crippen molar-refractivity contribution in [3.05, 3.63) is 17.7 Å². The Morgan fingerprint density at radius 1 is 1.30 bits per heavy atom. The topological polar surface area (TPSA) is 101 Å². The zero-order valence-electron chi connectivity index (χ0n) is 13.0. The number of ether oxygens (including phenoxy) is 1. The summed E-state index contributed by atoms with van der Waals surface area (Å²) < 4.78 is 10.7. The Hall–Kier alpha value is -2.48. The molecule has 2 unspecified atom stereocenters. The third-order valence-electron chi connectivity index (χ3n) is 4.29. The number of hydrazone groups is 1. The quantitative estimate of drug-likeness (QED) is 0.853. The standard InChI is InChI=1S/C15H16N4O4/c1-7-4-12(20)19(16-7)13-8-5-9-10(18-23-17-9)6-11(8)22-15(2,3)14(13)21/h5-6,13-14,21H,4H2,1-3H3. The van der Waals surface area contributed by atoms with E-state index in [4.69, 9.17) is 9.37 Å². The predicted molar refractivity (Wildman–Crippen MR) is 79.8 cm³/mol. The van der Waals surface area contributed by atoms with Gasteiger partial charge in [0.25, 0.3) is 0 Å². The second kappa shape index (κ2) is 4.51. The van der Waals surface area contributed by atoms with Crippen LogP contribution in [0.25, 0.3) is 11.0 Å². The van der Waals surface area contributed by atoms with Gasteiger partial charge in [0.1, 0.15) is 34.5 Å². The fourth-order valence-corrected chi connectivity index (χ4v) is 3.10. The lowest BCUT2D eigenvalue weighted by Gasteiger charge is -2.43. The maximum absolute atomic E-state index is 12.3. The minimum absolute atomic E-state index is 0.145. The third-order valence-corrected chi connectivity index (χ3v) is 4.29. The highest BCUT2D eigenvalue weighted by Crippen LogP contribution is 2.45. The Balaban J connectivity index is 1.92. The van der Waals surface area contributed by atoms with E-state index in [0.29, 0.717) is 22.3 Å². The molecule has 0 spiro atoms. The van der Waals surface area contributed by atoms with Crippen LogP contribution >= 0.6 is 0 Å². The number of hydrogen-bond donors (Lipinski definition) is 1. The molecule has 2 aliphatic rings. The van der Waals surface area contributed by atoms with E-state index in [-0.39, 0.29) is 12.3 Å². The van der Waals surface area contributed by atoms with Crippen LogP contribution in [0.1, 0.15) is 38.8 Å². The van der Waals surface area contributed by atoms with Crippen molar-refractivity contribution in [3.63, 3.8) is 0 Å². The zero-order chi connectivity index (χ0) is 16.4. The fraction of sp³-hybridized carbons (Fsp3) is 0.467. The normalized spacial score (nSPS) is 26.2. The van der Waals surface area contributed by atoms with Crippen LogP contribution in [0.2, 0.25) is 0 Å². The van der Waals surface area contributed by atoms with E-state index in [1.165, 1.54) is 5.01 Å². The number of aliphatic hydroxyl groups excluding tert-OH is 1. The first-order chi connectivity index (χ1) is 10.9. The minimum Gasteiger partial charge on any atom is -0.485 e. The van der Waals surface area contributed by atoms with Crippen molar-refractivity contribution in [2.45, 2.75) is 44.9 Å². The van der Waals surface area contributed by atoms with Crippen LogP contribution in [0, 0.1) is 0 Å². The lowest BCUT2D eigenvalue weighted by Crippen LogP contribution is -2.53. The highest BCUT2D eigenvalue weighted by molar-refractivity contribution is 6.04. The van der Waals surface area contributed by atoms with E-state index in [1.54, 1.807) is 32.9 Å². The third kappa shape index (κ3) is 2.02. The number of carbonyl (C=O) groups excluding carboxylic acids is 1. The van der Waals surface area contributed by atoms with Gasteiger partial charge in [0, 0.05) is 17.3 Å². The lowest BCUT2D eigenvalue weighted by atomic mass is 9.86. The van der Waals surface area contributed by atoms with Gasteiger partial charge in [-0.2, -0.15) is 5.10 Å². The first-order valence-electron chi connectivity index (χ1n) is 7.36. The molecule has 0 aliphatic carbocycles. The minimum atomic E-state index is -0.939. The molecule has 3 heterocycles. The molecule has 0 bridgehead atoms. The summed E-state index contributed by atoms with van der Waals surface area (Å²) in [5, 5.41) is 24.1. The predicted octanol–water partition coefficient (Wildman–Crippen LogP) is 1.40. The second-order valence-corrected chi connectivity index (χ2v) is 6.49. The average Bonchev–Trinajstić information content (AvgIpc) is 3.04. The fourth-order valence-electron chi connectivity index (χ4n) is 3.10. The van der Waals surface area contributed by atoms with Crippen molar-refractivity contribution in [1.82, 2.24) is 15.3 Å². The molecule has 0 saturated heterocycles. The van der Waals surface area contributed by atoms with E-state index in [0.717, 1.165) is 5.71 Å². The van der Waals surface area contributed by atoms with Crippen LogP contribution < -0.4 is 4.74 Å². The first kappa shape index (κ1) is 14.1. The van der Waals surface area contributed by atoms with Crippen molar-refractivity contribution in [2.75, 3.05) is 0 Å². The SMILES string of the molecule is CC1=NN(C2c3cc4nonc4cc3OC(C)(C)C2O)C(=O)C1. The summed E-state index contributed by atoms with van der Waals surface area (Å²) in [7, 11) is 0. The maximum atomic E-state index is 12.3. The smallest absolute Gasteiger partial charge is 0.249 e. The Labute approximate surface area is 131 Å². The van der Waals surface area contributed by atoms with Crippen molar-refractivity contribution >= 4 is 22.7 Å². The summed E-state index contributed by atoms with van der Waals surface area (Å²) in [5.74, 6) is 0.398. The van der Waals surface area contributed by atoms with Gasteiger partial charge in [0.15, 0.2) is 0 Å². The van der Waals surface area contributed by atoms with Gasteiger partial charge in [-0.1, -0.05) is 0 Å². The number of carbonyl (C=O) groups is 1. The van der Waals surface area contributed by atoms with Crippen LogP contribution in [0.4, 0.5) is 0 Å². The molecule has 2 atom stereocenters. The van der Waals surface area contributed by atoms with Gasteiger partial charge >= 0.3 is 0 Å². The lowest BCUT2D eigenvalue weighted by molar-refractivity contribution is -0.141.